The molecule has 1 heterocycles. The molecule has 112 valence electrons. The van der Waals surface area contributed by atoms with Crippen LogP contribution in [0.4, 0.5) is 5.69 Å². The molecule has 0 amide bonds. The molecular formula is C17H12Cl3NO. The Morgan fingerprint density at radius 3 is 2.27 bits per heavy atom. The van der Waals surface area contributed by atoms with Crippen molar-refractivity contribution in [3.63, 3.8) is 0 Å². The van der Waals surface area contributed by atoms with Crippen LogP contribution in [-0.4, -0.2) is 0 Å². The lowest BCUT2D eigenvalue weighted by Crippen LogP contribution is -1.97. The Bertz CT molecular complexity index is 781. The summed E-state index contributed by atoms with van der Waals surface area (Å²) in [6.45, 7) is 0.576. The van der Waals surface area contributed by atoms with Crippen molar-refractivity contribution in [3.8, 4) is 11.3 Å². The molecule has 0 spiro atoms. The zero-order chi connectivity index (χ0) is 15.5. The van der Waals surface area contributed by atoms with E-state index in [4.69, 9.17) is 39.2 Å². The van der Waals surface area contributed by atoms with E-state index in [2.05, 4.69) is 5.32 Å². The molecule has 0 aliphatic heterocycles. The van der Waals surface area contributed by atoms with Crippen molar-refractivity contribution in [2.45, 2.75) is 6.54 Å². The van der Waals surface area contributed by atoms with E-state index in [1.807, 2.05) is 42.5 Å². The molecule has 0 atom stereocenters. The Morgan fingerprint density at radius 1 is 0.818 bits per heavy atom. The largest absolute Gasteiger partial charge is 0.459 e. The minimum Gasteiger partial charge on any atom is -0.459 e. The minimum atomic E-state index is 0.569. The first-order chi connectivity index (χ1) is 10.6. The number of hydrogen-bond acceptors (Lipinski definition) is 2. The van der Waals surface area contributed by atoms with Crippen LogP contribution in [0.2, 0.25) is 15.1 Å². The smallest absolute Gasteiger partial charge is 0.135 e. The van der Waals surface area contributed by atoms with Gasteiger partial charge >= 0.3 is 0 Å². The van der Waals surface area contributed by atoms with Gasteiger partial charge in [0.1, 0.15) is 11.5 Å². The number of furan rings is 1. The van der Waals surface area contributed by atoms with Crippen LogP contribution in [0.5, 0.6) is 0 Å². The second kappa shape index (κ2) is 6.66. The van der Waals surface area contributed by atoms with E-state index in [0.717, 1.165) is 22.8 Å². The van der Waals surface area contributed by atoms with Gasteiger partial charge in [-0.3, -0.25) is 0 Å². The summed E-state index contributed by atoms with van der Waals surface area (Å²) < 4.78 is 5.82. The molecule has 0 bridgehead atoms. The van der Waals surface area contributed by atoms with Gasteiger partial charge in [-0.1, -0.05) is 34.8 Å². The van der Waals surface area contributed by atoms with Gasteiger partial charge < -0.3 is 9.73 Å². The van der Waals surface area contributed by atoms with Crippen LogP contribution in [-0.2, 0) is 6.54 Å². The lowest BCUT2D eigenvalue weighted by molar-refractivity contribution is 0.531. The van der Waals surface area contributed by atoms with Crippen molar-refractivity contribution in [2.24, 2.45) is 0 Å². The summed E-state index contributed by atoms with van der Waals surface area (Å²) >= 11 is 18.0. The van der Waals surface area contributed by atoms with E-state index in [-0.39, 0.29) is 0 Å². The minimum absolute atomic E-state index is 0.569. The van der Waals surface area contributed by atoms with E-state index in [1.54, 1.807) is 12.1 Å². The number of rotatable bonds is 4. The topological polar surface area (TPSA) is 25.2 Å². The summed E-state index contributed by atoms with van der Waals surface area (Å²) in [6.07, 6.45) is 0. The Hall–Kier alpha value is -1.61. The van der Waals surface area contributed by atoms with Crippen molar-refractivity contribution in [1.29, 1.82) is 0 Å². The maximum absolute atomic E-state index is 6.19. The Labute approximate surface area is 143 Å². The average molecular weight is 353 g/mol. The Morgan fingerprint density at radius 2 is 1.55 bits per heavy atom. The monoisotopic (exact) mass is 351 g/mol. The highest BCUT2D eigenvalue weighted by atomic mass is 35.5. The SMILES string of the molecule is Clc1ccc(NCc2ccc(-c3ccc(Cl)cc3Cl)o2)cc1. The van der Waals surface area contributed by atoms with Gasteiger partial charge in [-0.2, -0.15) is 0 Å². The first-order valence-corrected chi connectivity index (χ1v) is 7.79. The molecule has 0 radical (unpaired) electrons. The standard InChI is InChI=1S/C17H12Cl3NO/c18-11-1-4-13(5-2-11)21-10-14-6-8-17(22-14)15-7-3-12(19)9-16(15)20/h1-9,21H,10H2. The van der Waals surface area contributed by atoms with Crippen molar-refractivity contribution < 1.29 is 4.42 Å². The summed E-state index contributed by atoms with van der Waals surface area (Å²) in [5, 5.41) is 5.15. The molecule has 0 unspecified atom stereocenters. The molecule has 3 rings (SSSR count). The van der Waals surface area contributed by atoms with Gasteiger partial charge in [0.15, 0.2) is 0 Å². The molecule has 1 aromatic heterocycles. The van der Waals surface area contributed by atoms with E-state index in [0.29, 0.717) is 21.6 Å². The maximum Gasteiger partial charge on any atom is 0.135 e. The van der Waals surface area contributed by atoms with Gasteiger partial charge in [-0.25, -0.2) is 0 Å². The third kappa shape index (κ3) is 3.58. The highest BCUT2D eigenvalue weighted by Gasteiger charge is 2.09. The zero-order valence-corrected chi connectivity index (χ0v) is 13.7. The molecule has 2 nitrogen and oxygen atoms in total. The quantitative estimate of drug-likeness (QED) is 0.578. The highest BCUT2D eigenvalue weighted by molar-refractivity contribution is 6.36. The fourth-order valence-electron chi connectivity index (χ4n) is 2.06. The van der Waals surface area contributed by atoms with Gasteiger partial charge in [0.2, 0.25) is 0 Å². The average Bonchev–Trinajstić information content (AvgIpc) is 2.95. The lowest BCUT2D eigenvalue weighted by atomic mass is 10.2. The number of nitrogens with one attached hydrogen (secondary N) is 1. The van der Waals surface area contributed by atoms with Gasteiger partial charge in [-0.05, 0) is 54.6 Å². The maximum atomic E-state index is 6.19. The Kier molecular flexibility index (Phi) is 4.63. The van der Waals surface area contributed by atoms with Gasteiger partial charge in [0.05, 0.1) is 11.6 Å². The summed E-state index contributed by atoms with van der Waals surface area (Å²) in [5.74, 6) is 1.53. The van der Waals surface area contributed by atoms with E-state index in [1.165, 1.54) is 0 Å². The summed E-state index contributed by atoms with van der Waals surface area (Å²) in [7, 11) is 0. The van der Waals surface area contributed by atoms with E-state index < -0.39 is 0 Å². The third-order valence-corrected chi connectivity index (χ3v) is 3.97. The first-order valence-electron chi connectivity index (χ1n) is 6.65. The van der Waals surface area contributed by atoms with Gasteiger partial charge in [-0.15, -0.1) is 0 Å². The highest BCUT2D eigenvalue weighted by Crippen LogP contribution is 2.31. The summed E-state index contributed by atoms with van der Waals surface area (Å²) in [4.78, 5) is 0. The van der Waals surface area contributed by atoms with Crippen LogP contribution in [0.3, 0.4) is 0 Å². The molecule has 0 saturated carbocycles. The lowest BCUT2D eigenvalue weighted by Gasteiger charge is -2.04. The third-order valence-electron chi connectivity index (χ3n) is 3.17. The molecule has 0 aliphatic rings. The predicted molar refractivity (Wildman–Crippen MR) is 92.9 cm³/mol. The van der Waals surface area contributed by atoms with Crippen molar-refractivity contribution >= 4 is 40.5 Å². The van der Waals surface area contributed by atoms with Gasteiger partial charge in [0, 0.05) is 21.3 Å². The zero-order valence-electron chi connectivity index (χ0n) is 11.4. The molecular weight excluding hydrogens is 341 g/mol. The fourth-order valence-corrected chi connectivity index (χ4v) is 2.69. The van der Waals surface area contributed by atoms with E-state index >= 15 is 0 Å². The second-order valence-corrected chi connectivity index (χ2v) is 6.03. The summed E-state index contributed by atoms with van der Waals surface area (Å²) in [6, 6.07) is 16.7. The Balaban J connectivity index is 1.72. The van der Waals surface area contributed by atoms with Crippen LogP contribution in [0.1, 0.15) is 5.76 Å². The number of halogens is 3. The van der Waals surface area contributed by atoms with Crippen molar-refractivity contribution in [1.82, 2.24) is 0 Å². The molecule has 2 aromatic carbocycles. The molecule has 5 heteroatoms. The number of anilines is 1. The second-order valence-electron chi connectivity index (χ2n) is 4.75. The molecule has 0 aliphatic carbocycles. The first kappa shape index (κ1) is 15.3. The predicted octanol–water partition coefficient (Wildman–Crippen LogP) is 6.52. The molecule has 0 fully saturated rings. The molecule has 3 aromatic rings. The van der Waals surface area contributed by atoms with Crippen LogP contribution < -0.4 is 5.32 Å². The van der Waals surface area contributed by atoms with Gasteiger partial charge in [0.25, 0.3) is 0 Å². The van der Waals surface area contributed by atoms with Crippen molar-refractivity contribution in [2.75, 3.05) is 5.32 Å². The van der Waals surface area contributed by atoms with Crippen LogP contribution in [0.25, 0.3) is 11.3 Å². The van der Waals surface area contributed by atoms with E-state index in [9.17, 15) is 0 Å². The normalized spacial score (nSPS) is 10.7. The number of hydrogen-bond donors (Lipinski definition) is 1. The fraction of sp³-hybridized carbons (Fsp3) is 0.0588. The number of benzene rings is 2. The molecule has 22 heavy (non-hydrogen) atoms. The van der Waals surface area contributed by atoms with Crippen LogP contribution >= 0.6 is 34.8 Å². The summed E-state index contributed by atoms with van der Waals surface area (Å²) in [5.41, 5.74) is 1.80. The van der Waals surface area contributed by atoms with Crippen LogP contribution in [0.15, 0.2) is 59.0 Å². The molecule has 0 saturated heterocycles. The van der Waals surface area contributed by atoms with Crippen LogP contribution in [0, 0.1) is 0 Å². The molecule has 1 N–H and O–H groups in total. The van der Waals surface area contributed by atoms with Crippen molar-refractivity contribution in [3.05, 3.63) is 75.4 Å².